The summed E-state index contributed by atoms with van der Waals surface area (Å²) < 4.78 is 0. The van der Waals surface area contributed by atoms with Gasteiger partial charge in [-0.05, 0) is 18.8 Å². The average Bonchev–Trinajstić information content (AvgIpc) is 2.29. The standard InChI is InChI=1S/C11H20Si/c1-10-6-5-7-11(10)8-9-12(2,3)4/h10-11H,5-7H2,1-4H3. The Morgan fingerprint density at radius 3 is 2.25 bits per heavy atom. The van der Waals surface area contributed by atoms with Crippen LogP contribution in [0, 0.1) is 23.3 Å². The Morgan fingerprint density at radius 1 is 1.17 bits per heavy atom. The molecule has 1 saturated carbocycles. The Labute approximate surface area is 77.8 Å². The van der Waals surface area contributed by atoms with Gasteiger partial charge in [0.15, 0.2) is 0 Å². The van der Waals surface area contributed by atoms with Crippen LogP contribution in [0.2, 0.25) is 19.6 Å². The number of hydrogen-bond donors (Lipinski definition) is 0. The highest BCUT2D eigenvalue weighted by molar-refractivity contribution is 6.83. The summed E-state index contributed by atoms with van der Waals surface area (Å²) in [5.41, 5.74) is 3.48. The fraction of sp³-hybridized carbons (Fsp3) is 0.818. The Bertz CT molecular complexity index is 201. The van der Waals surface area contributed by atoms with Gasteiger partial charge in [0.1, 0.15) is 8.07 Å². The van der Waals surface area contributed by atoms with E-state index in [4.69, 9.17) is 0 Å². The maximum absolute atomic E-state index is 3.48. The molecule has 2 atom stereocenters. The lowest BCUT2D eigenvalue weighted by Gasteiger charge is -2.09. The van der Waals surface area contributed by atoms with Crippen LogP contribution in [0.1, 0.15) is 26.2 Å². The molecular formula is C11H20Si. The van der Waals surface area contributed by atoms with Gasteiger partial charge in [-0.2, -0.15) is 0 Å². The van der Waals surface area contributed by atoms with Crippen LogP contribution < -0.4 is 0 Å². The van der Waals surface area contributed by atoms with E-state index >= 15 is 0 Å². The third-order valence-corrected chi connectivity index (χ3v) is 3.39. The van der Waals surface area contributed by atoms with Crippen LogP contribution in [0.5, 0.6) is 0 Å². The van der Waals surface area contributed by atoms with Gasteiger partial charge in [0.05, 0.1) is 0 Å². The molecule has 0 amide bonds. The molecular weight excluding hydrogens is 160 g/mol. The fourth-order valence-electron chi connectivity index (χ4n) is 1.67. The molecule has 0 nitrogen and oxygen atoms in total. The van der Waals surface area contributed by atoms with Crippen molar-refractivity contribution in [1.82, 2.24) is 0 Å². The molecule has 12 heavy (non-hydrogen) atoms. The van der Waals surface area contributed by atoms with Crippen molar-refractivity contribution in [3.05, 3.63) is 0 Å². The van der Waals surface area contributed by atoms with Crippen LogP contribution in [0.15, 0.2) is 0 Å². The highest BCUT2D eigenvalue weighted by Gasteiger charge is 2.21. The van der Waals surface area contributed by atoms with Crippen molar-refractivity contribution in [2.24, 2.45) is 11.8 Å². The summed E-state index contributed by atoms with van der Waals surface area (Å²) in [7, 11) is -1.12. The lowest BCUT2D eigenvalue weighted by molar-refractivity contribution is 0.519. The highest BCUT2D eigenvalue weighted by Crippen LogP contribution is 2.30. The largest absolute Gasteiger partial charge is 0.132 e. The molecule has 0 spiro atoms. The third kappa shape index (κ3) is 3.03. The van der Waals surface area contributed by atoms with Crippen molar-refractivity contribution in [3.63, 3.8) is 0 Å². The first-order valence-corrected chi connectivity index (χ1v) is 8.52. The predicted octanol–water partition coefficient (Wildman–Crippen LogP) is 3.30. The van der Waals surface area contributed by atoms with Gasteiger partial charge in [0, 0.05) is 5.92 Å². The lowest BCUT2D eigenvalue weighted by atomic mass is 10.00. The quantitative estimate of drug-likeness (QED) is 0.396. The van der Waals surface area contributed by atoms with Crippen molar-refractivity contribution in [1.29, 1.82) is 0 Å². The second kappa shape index (κ2) is 3.66. The molecule has 68 valence electrons. The Balaban J connectivity index is 2.53. The SMILES string of the molecule is CC1CCCC1C#C[Si](C)(C)C. The molecule has 0 heterocycles. The zero-order valence-electron chi connectivity index (χ0n) is 8.78. The molecule has 2 unspecified atom stereocenters. The van der Waals surface area contributed by atoms with Crippen LogP contribution in [0.3, 0.4) is 0 Å². The molecule has 0 aromatic carbocycles. The number of rotatable bonds is 0. The Kier molecular flexibility index (Phi) is 3.01. The van der Waals surface area contributed by atoms with E-state index in [1.807, 2.05) is 0 Å². The van der Waals surface area contributed by atoms with Crippen LogP contribution in [0.4, 0.5) is 0 Å². The van der Waals surface area contributed by atoms with Crippen molar-refractivity contribution < 1.29 is 0 Å². The minimum atomic E-state index is -1.12. The zero-order chi connectivity index (χ0) is 9.19. The van der Waals surface area contributed by atoms with Gasteiger partial charge in [-0.1, -0.05) is 33.0 Å². The minimum absolute atomic E-state index is 0.719. The molecule has 1 fully saturated rings. The summed E-state index contributed by atoms with van der Waals surface area (Å²) in [5.74, 6) is 5.06. The van der Waals surface area contributed by atoms with E-state index in [0.717, 1.165) is 11.8 Å². The molecule has 1 aliphatic rings. The van der Waals surface area contributed by atoms with Gasteiger partial charge in [-0.25, -0.2) is 0 Å². The summed E-state index contributed by atoms with van der Waals surface area (Å²) >= 11 is 0. The summed E-state index contributed by atoms with van der Waals surface area (Å²) in [6.45, 7) is 9.30. The van der Waals surface area contributed by atoms with E-state index in [1.165, 1.54) is 19.3 Å². The van der Waals surface area contributed by atoms with Gasteiger partial charge >= 0.3 is 0 Å². The molecule has 0 aliphatic heterocycles. The molecule has 0 radical (unpaired) electrons. The van der Waals surface area contributed by atoms with Gasteiger partial charge < -0.3 is 0 Å². The van der Waals surface area contributed by atoms with Crippen LogP contribution in [-0.2, 0) is 0 Å². The first kappa shape index (κ1) is 9.86. The third-order valence-electron chi connectivity index (χ3n) is 2.49. The monoisotopic (exact) mass is 180 g/mol. The summed E-state index contributed by atoms with van der Waals surface area (Å²) in [6.07, 6.45) is 4.13. The Morgan fingerprint density at radius 2 is 1.83 bits per heavy atom. The van der Waals surface area contributed by atoms with Crippen molar-refractivity contribution in [2.45, 2.75) is 45.8 Å². The zero-order valence-corrected chi connectivity index (χ0v) is 9.78. The summed E-state index contributed by atoms with van der Waals surface area (Å²) in [4.78, 5) is 0. The molecule has 0 N–H and O–H groups in total. The van der Waals surface area contributed by atoms with Gasteiger partial charge in [0.25, 0.3) is 0 Å². The smallest absolute Gasteiger partial charge is 0.129 e. The second-order valence-corrected chi connectivity index (χ2v) is 9.78. The molecule has 1 heteroatoms. The van der Waals surface area contributed by atoms with Gasteiger partial charge in [-0.3, -0.25) is 0 Å². The first-order chi connectivity index (χ1) is 5.49. The van der Waals surface area contributed by atoms with E-state index in [-0.39, 0.29) is 0 Å². The maximum Gasteiger partial charge on any atom is 0.129 e. The maximum atomic E-state index is 3.48. The molecule has 0 saturated heterocycles. The van der Waals surface area contributed by atoms with Gasteiger partial charge in [-0.15, -0.1) is 11.5 Å². The van der Waals surface area contributed by atoms with Gasteiger partial charge in [0.2, 0.25) is 0 Å². The van der Waals surface area contributed by atoms with E-state index in [2.05, 4.69) is 38.0 Å². The van der Waals surface area contributed by atoms with Crippen LogP contribution in [-0.4, -0.2) is 8.07 Å². The van der Waals surface area contributed by atoms with E-state index in [0.29, 0.717) is 0 Å². The van der Waals surface area contributed by atoms with Crippen molar-refractivity contribution in [2.75, 3.05) is 0 Å². The van der Waals surface area contributed by atoms with Crippen molar-refractivity contribution >= 4 is 8.07 Å². The molecule has 1 rings (SSSR count). The van der Waals surface area contributed by atoms with Crippen molar-refractivity contribution in [3.8, 4) is 11.5 Å². The predicted molar refractivity (Wildman–Crippen MR) is 57.6 cm³/mol. The minimum Gasteiger partial charge on any atom is -0.132 e. The summed E-state index contributed by atoms with van der Waals surface area (Å²) in [5, 5.41) is 0. The van der Waals surface area contributed by atoms with E-state index in [9.17, 15) is 0 Å². The second-order valence-electron chi connectivity index (χ2n) is 5.03. The molecule has 0 aromatic rings. The van der Waals surface area contributed by atoms with Crippen LogP contribution in [0.25, 0.3) is 0 Å². The lowest BCUT2D eigenvalue weighted by Crippen LogP contribution is -2.17. The van der Waals surface area contributed by atoms with Crippen LogP contribution >= 0.6 is 0 Å². The Hall–Kier alpha value is -0.223. The first-order valence-electron chi connectivity index (χ1n) is 5.02. The highest BCUT2D eigenvalue weighted by atomic mass is 28.3. The average molecular weight is 180 g/mol. The molecule has 1 aliphatic carbocycles. The van der Waals surface area contributed by atoms with E-state index in [1.54, 1.807) is 0 Å². The summed E-state index contributed by atoms with van der Waals surface area (Å²) in [6, 6.07) is 0. The fourth-order valence-corrected chi connectivity index (χ4v) is 2.29. The normalized spacial score (nSPS) is 29.7. The topological polar surface area (TPSA) is 0 Å². The molecule has 0 bridgehead atoms. The molecule has 0 aromatic heterocycles. The number of hydrogen-bond acceptors (Lipinski definition) is 0. The van der Waals surface area contributed by atoms with E-state index < -0.39 is 8.07 Å².